The zero-order valence-corrected chi connectivity index (χ0v) is 22.5. The number of pyridine rings is 1. The number of rotatable bonds is 9. The van der Waals surface area contributed by atoms with Crippen LogP contribution in [0.2, 0.25) is 0 Å². The number of hydrogen-bond donors (Lipinski definition) is 3. The Morgan fingerprint density at radius 2 is 1.94 bits per heavy atom. The second-order valence-corrected chi connectivity index (χ2v) is 13.2. The maximum atomic E-state index is 13.0. The minimum Gasteiger partial charge on any atom is -0.393 e. The number of nitrogens with zero attached hydrogens (tertiary/aromatic N) is 1. The molecule has 2 aromatic carbocycles. The number of aliphatic hydroxyl groups excluding tert-OH is 1. The molecule has 0 aliphatic heterocycles. The first-order valence-electron chi connectivity index (χ1n) is 11.7. The number of nitrogens with one attached hydrogen (secondary N) is 1. The molecule has 1 saturated carbocycles. The normalized spacial score (nSPS) is 16.7. The van der Waals surface area contributed by atoms with Crippen LogP contribution in [0.25, 0.3) is 21.3 Å². The van der Waals surface area contributed by atoms with Crippen molar-refractivity contribution in [3.8, 4) is 11.3 Å². The largest absolute Gasteiger partial charge is 0.393 e. The van der Waals surface area contributed by atoms with Gasteiger partial charge in [-0.3, -0.25) is 4.98 Å². The zero-order valence-electron chi connectivity index (χ0n) is 20.0. The Kier molecular flexibility index (Phi) is 6.97. The lowest BCUT2D eigenvalue weighted by molar-refractivity contribution is -0.00230. The summed E-state index contributed by atoms with van der Waals surface area (Å²) >= 11 is 3.14. The monoisotopic (exact) mass is 540 g/mol. The van der Waals surface area contributed by atoms with E-state index < -0.39 is 28.3 Å². The fourth-order valence-electron chi connectivity index (χ4n) is 4.25. The first-order chi connectivity index (χ1) is 17.2. The van der Waals surface area contributed by atoms with Crippen LogP contribution in [0.15, 0.2) is 71.8 Å². The Hall–Kier alpha value is -2.27. The molecule has 3 N–H and O–H groups in total. The van der Waals surface area contributed by atoms with E-state index in [2.05, 4.69) is 15.8 Å². The highest BCUT2D eigenvalue weighted by Gasteiger charge is 2.38. The summed E-state index contributed by atoms with van der Waals surface area (Å²) < 4.78 is 30.1. The maximum absolute atomic E-state index is 13.0. The highest BCUT2D eigenvalue weighted by molar-refractivity contribution is 7.98. The molecule has 0 amide bonds. The molecule has 2 heterocycles. The number of aliphatic hydroxyl groups is 2. The first kappa shape index (κ1) is 25.4. The molecule has 36 heavy (non-hydrogen) atoms. The van der Waals surface area contributed by atoms with Crippen LogP contribution < -0.4 is 4.72 Å². The van der Waals surface area contributed by atoms with E-state index in [0.29, 0.717) is 24.1 Å². The van der Waals surface area contributed by atoms with E-state index >= 15 is 0 Å². The maximum Gasteiger partial charge on any atom is 0.215 e. The predicted octanol–water partition coefficient (Wildman–Crippen LogP) is 5.06. The Morgan fingerprint density at radius 3 is 2.67 bits per heavy atom. The van der Waals surface area contributed by atoms with E-state index in [-0.39, 0.29) is 5.25 Å². The molecule has 188 valence electrons. The van der Waals surface area contributed by atoms with Crippen LogP contribution >= 0.6 is 23.1 Å². The molecule has 9 heteroatoms. The molecule has 5 rings (SSSR count). The third kappa shape index (κ3) is 4.96. The summed E-state index contributed by atoms with van der Waals surface area (Å²) in [6.07, 6.45) is 5.02. The lowest BCUT2D eigenvalue weighted by atomic mass is 9.96. The molecule has 0 unspecified atom stereocenters. The van der Waals surface area contributed by atoms with Crippen LogP contribution in [-0.4, -0.2) is 41.7 Å². The topological polar surface area (TPSA) is 99.5 Å². The number of hydrogen-bond acceptors (Lipinski definition) is 7. The molecule has 1 fully saturated rings. The second kappa shape index (κ2) is 9.89. The van der Waals surface area contributed by atoms with Gasteiger partial charge in [0.2, 0.25) is 10.0 Å². The van der Waals surface area contributed by atoms with Crippen molar-refractivity contribution in [2.24, 2.45) is 0 Å². The van der Waals surface area contributed by atoms with Gasteiger partial charge in [0.15, 0.2) is 0 Å². The highest BCUT2D eigenvalue weighted by Crippen LogP contribution is 2.41. The van der Waals surface area contributed by atoms with Crippen molar-refractivity contribution in [2.45, 2.75) is 41.6 Å². The van der Waals surface area contributed by atoms with Crippen molar-refractivity contribution >= 4 is 43.2 Å². The van der Waals surface area contributed by atoms with E-state index in [4.69, 9.17) is 0 Å². The van der Waals surface area contributed by atoms with Crippen LogP contribution in [0.3, 0.4) is 0 Å². The van der Waals surface area contributed by atoms with Crippen molar-refractivity contribution in [1.82, 2.24) is 9.71 Å². The molecular weight excluding hydrogens is 513 g/mol. The lowest BCUT2D eigenvalue weighted by Crippen LogP contribution is -2.32. The van der Waals surface area contributed by atoms with Crippen molar-refractivity contribution in [2.75, 3.05) is 12.9 Å². The molecule has 0 spiro atoms. The molecule has 1 aliphatic rings. The van der Waals surface area contributed by atoms with Gasteiger partial charge < -0.3 is 10.2 Å². The Bertz CT molecular complexity index is 1510. The number of benzene rings is 2. The summed E-state index contributed by atoms with van der Waals surface area (Å²) in [4.78, 5) is 6.47. The summed E-state index contributed by atoms with van der Waals surface area (Å²) in [5.74, 6) is 0. The van der Waals surface area contributed by atoms with Crippen LogP contribution in [0.5, 0.6) is 0 Å². The van der Waals surface area contributed by atoms with Crippen molar-refractivity contribution in [3.05, 3.63) is 82.9 Å². The highest BCUT2D eigenvalue weighted by atomic mass is 32.2. The molecule has 2 aromatic heterocycles. The molecule has 0 saturated heterocycles. The third-order valence-electron chi connectivity index (χ3n) is 6.51. The Morgan fingerprint density at radius 1 is 1.17 bits per heavy atom. The van der Waals surface area contributed by atoms with Crippen molar-refractivity contribution in [3.63, 3.8) is 0 Å². The van der Waals surface area contributed by atoms with E-state index in [1.54, 1.807) is 48.4 Å². The van der Waals surface area contributed by atoms with Crippen LogP contribution in [-0.2, 0) is 15.6 Å². The minimum atomic E-state index is -3.45. The number of thiophene rings is 1. The van der Waals surface area contributed by atoms with Gasteiger partial charge in [-0.25, -0.2) is 13.1 Å². The molecule has 2 atom stereocenters. The quantitative estimate of drug-likeness (QED) is 0.257. The van der Waals surface area contributed by atoms with Gasteiger partial charge in [0, 0.05) is 26.2 Å². The molecule has 6 nitrogen and oxygen atoms in total. The summed E-state index contributed by atoms with van der Waals surface area (Å²) in [7, 11) is -3.45. The molecule has 4 aromatic rings. The van der Waals surface area contributed by atoms with Gasteiger partial charge in [-0.2, -0.15) is 0 Å². The van der Waals surface area contributed by atoms with Gasteiger partial charge in [0.05, 0.1) is 23.6 Å². The SMILES string of the molecule is CSc1ccccc1[C@@H](NS(=O)(=O)C1CC1)c1cc2cccc(-c3cc([C@@](C)(O)CO)ccn3)c2s1. The van der Waals surface area contributed by atoms with Gasteiger partial charge in [0.25, 0.3) is 0 Å². The average molecular weight is 541 g/mol. The molecular formula is C27H28N2O4S3. The third-order valence-corrected chi connectivity index (χ3v) is 10.5. The van der Waals surface area contributed by atoms with Crippen molar-refractivity contribution < 1.29 is 18.6 Å². The van der Waals surface area contributed by atoms with Gasteiger partial charge in [0.1, 0.15) is 5.60 Å². The first-order valence-corrected chi connectivity index (χ1v) is 15.3. The molecule has 1 aliphatic carbocycles. The number of thioether (sulfide) groups is 1. The fourth-order valence-corrected chi connectivity index (χ4v) is 7.74. The summed E-state index contributed by atoms with van der Waals surface area (Å²) in [6, 6.07) is 18.9. The fraction of sp³-hybridized carbons (Fsp3) is 0.296. The Balaban J connectivity index is 1.63. The van der Waals surface area contributed by atoms with Crippen molar-refractivity contribution in [1.29, 1.82) is 0 Å². The smallest absolute Gasteiger partial charge is 0.215 e. The summed E-state index contributed by atoms with van der Waals surface area (Å²) in [5.41, 5.74) is 1.70. The Labute approximate surface area is 219 Å². The zero-order chi connectivity index (χ0) is 25.5. The number of sulfonamides is 1. The summed E-state index contributed by atoms with van der Waals surface area (Å²) in [6.45, 7) is 1.16. The lowest BCUT2D eigenvalue weighted by Gasteiger charge is -2.21. The van der Waals surface area contributed by atoms with Gasteiger partial charge in [-0.1, -0.05) is 36.4 Å². The number of fused-ring (bicyclic) bond motifs is 1. The molecule has 0 radical (unpaired) electrons. The van der Waals surface area contributed by atoms with Gasteiger partial charge in [-0.15, -0.1) is 23.1 Å². The van der Waals surface area contributed by atoms with E-state index in [1.807, 2.05) is 48.7 Å². The van der Waals surface area contributed by atoms with Gasteiger partial charge in [-0.05, 0) is 66.8 Å². The average Bonchev–Trinajstić information content (AvgIpc) is 3.67. The van der Waals surface area contributed by atoms with E-state index in [9.17, 15) is 18.6 Å². The molecule has 0 bridgehead atoms. The standard InChI is InChI=1S/C27H28N2O4S3/c1-27(31,16-30)18-12-13-28-22(15-18)20-8-5-6-17-14-24(35-26(17)20)25(29-36(32,33)19-10-11-19)21-7-3-4-9-23(21)34-2/h3-9,12-15,19,25,29-31H,10-11,16H2,1-2H3/t25-,27+/m1/s1. The van der Waals surface area contributed by atoms with Gasteiger partial charge >= 0.3 is 0 Å². The predicted molar refractivity (Wildman–Crippen MR) is 147 cm³/mol. The van der Waals surface area contributed by atoms with E-state index in [0.717, 1.165) is 31.0 Å². The second-order valence-electron chi connectivity index (χ2n) is 9.27. The van der Waals surface area contributed by atoms with Crippen LogP contribution in [0.4, 0.5) is 0 Å². The minimum absolute atomic E-state index is 0.322. The van der Waals surface area contributed by atoms with Crippen LogP contribution in [0, 0.1) is 0 Å². The van der Waals surface area contributed by atoms with Crippen LogP contribution in [0.1, 0.15) is 41.8 Å². The van der Waals surface area contributed by atoms with E-state index in [1.165, 1.54) is 0 Å². The summed E-state index contributed by atoms with van der Waals surface area (Å²) in [5, 5.41) is 20.8. The number of aromatic nitrogens is 1.